The molecule has 27 heavy (non-hydrogen) atoms. The lowest BCUT2D eigenvalue weighted by molar-refractivity contribution is -0.160. The minimum absolute atomic E-state index is 0.0441. The summed E-state index contributed by atoms with van der Waals surface area (Å²) in [6, 6.07) is 0.202. The van der Waals surface area contributed by atoms with E-state index < -0.39 is 0 Å². The first-order chi connectivity index (χ1) is 13.0. The van der Waals surface area contributed by atoms with E-state index in [-0.39, 0.29) is 17.4 Å². The van der Waals surface area contributed by atoms with Crippen molar-refractivity contribution in [2.75, 3.05) is 26.2 Å². The van der Waals surface area contributed by atoms with Gasteiger partial charge in [0.2, 0.25) is 11.8 Å². The Labute approximate surface area is 163 Å². The zero-order valence-electron chi connectivity index (χ0n) is 16.6. The van der Waals surface area contributed by atoms with Gasteiger partial charge in [-0.1, -0.05) is 6.42 Å². The predicted octanol–water partition coefficient (Wildman–Crippen LogP) is 2.39. The van der Waals surface area contributed by atoms with Crippen LogP contribution in [0.15, 0.2) is 0 Å². The normalized spacial score (nSPS) is 43.4. The number of rotatable bonds is 3. The highest BCUT2D eigenvalue weighted by molar-refractivity contribution is 5.84. The van der Waals surface area contributed by atoms with Crippen molar-refractivity contribution >= 4 is 11.8 Å². The van der Waals surface area contributed by atoms with E-state index in [1.165, 1.54) is 19.3 Å². The van der Waals surface area contributed by atoms with Gasteiger partial charge in [-0.3, -0.25) is 9.59 Å². The van der Waals surface area contributed by atoms with Gasteiger partial charge in [-0.25, -0.2) is 0 Å². The number of piperazine rings is 1. The van der Waals surface area contributed by atoms with E-state index in [9.17, 15) is 9.59 Å². The SMILES string of the molecule is N[C@@H]1CCC[C@H]1CC(=O)N1CCN(C(=O)C23CC4CC(CC(C4)C2)C3)CC1. The quantitative estimate of drug-likeness (QED) is 0.826. The lowest BCUT2D eigenvalue weighted by atomic mass is 9.49. The third-order valence-electron chi connectivity index (χ3n) is 8.57. The van der Waals surface area contributed by atoms with Crippen LogP contribution in [0.1, 0.15) is 64.2 Å². The average molecular weight is 374 g/mol. The number of nitrogens with two attached hydrogens (primary N) is 1. The Morgan fingerprint density at radius 2 is 1.41 bits per heavy atom. The second kappa shape index (κ2) is 6.75. The fourth-order valence-electron chi connectivity index (χ4n) is 7.54. The maximum Gasteiger partial charge on any atom is 0.228 e. The fourth-order valence-corrected chi connectivity index (χ4v) is 7.54. The topological polar surface area (TPSA) is 66.6 Å². The molecule has 2 atom stereocenters. The summed E-state index contributed by atoms with van der Waals surface area (Å²) < 4.78 is 0. The zero-order chi connectivity index (χ0) is 18.6. The molecular weight excluding hydrogens is 338 g/mol. The van der Waals surface area contributed by atoms with Crippen LogP contribution >= 0.6 is 0 Å². The summed E-state index contributed by atoms with van der Waals surface area (Å²) in [5, 5.41) is 0. The van der Waals surface area contributed by atoms with Gasteiger partial charge in [0, 0.05) is 38.6 Å². The largest absolute Gasteiger partial charge is 0.339 e. The number of carbonyl (C=O) groups excluding carboxylic acids is 2. The van der Waals surface area contributed by atoms with Gasteiger partial charge in [-0.15, -0.1) is 0 Å². The number of nitrogens with zero attached hydrogens (tertiary/aromatic N) is 2. The van der Waals surface area contributed by atoms with Crippen molar-refractivity contribution in [3.05, 3.63) is 0 Å². The smallest absolute Gasteiger partial charge is 0.228 e. The summed E-state index contributed by atoms with van der Waals surface area (Å²) in [6.45, 7) is 2.86. The summed E-state index contributed by atoms with van der Waals surface area (Å²) >= 11 is 0. The molecule has 5 aliphatic carbocycles. The molecule has 1 heterocycles. The van der Waals surface area contributed by atoms with Gasteiger partial charge in [0.05, 0.1) is 5.41 Å². The minimum Gasteiger partial charge on any atom is -0.339 e. The molecule has 2 N–H and O–H groups in total. The second-order valence-corrected chi connectivity index (χ2v) is 10.4. The summed E-state index contributed by atoms with van der Waals surface area (Å²) in [5.74, 6) is 3.45. The highest BCUT2D eigenvalue weighted by atomic mass is 16.2. The molecule has 5 nitrogen and oxygen atoms in total. The molecule has 0 aromatic rings. The Morgan fingerprint density at radius 3 is 1.93 bits per heavy atom. The molecule has 5 saturated carbocycles. The zero-order valence-corrected chi connectivity index (χ0v) is 16.6. The van der Waals surface area contributed by atoms with Crippen LogP contribution in [0.25, 0.3) is 0 Å². The molecule has 2 amide bonds. The minimum atomic E-state index is -0.0441. The van der Waals surface area contributed by atoms with Gasteiger partial charge >= 0.3 is 0 Å². The van der Waals surface area contributed by atoms with Crippen LogP contribution in [-0.4, -0.2) is 53.8 Å². The van der Waals surface area contributed by atoms with Gasteiger partial charge in [0.25, 0.3) is 0 Å². The molecule has 1 aliphatic heterocycles. The van der Waals surface area contributed by atoms with E-state index in [1.54, 1.807) is 0 Å². The summed E-state index contributed by atoms with van der Waals surface area (Å²) in [5.41, 5.74) is 6.09. The Hall–Kier alpha value is -1.10. The number of hydrogen-bond acceptors (Lipinski definition) is 3. The van der Waals surface area contributed by atoms with Crippen molar-refractivity contribution in [2.24, 2.45) is 34.8 Å². The van der Waals surface area contributed by atoms with Crippen LogP contribution < -0.4 is 5.73 Å². The van der Waals surface area contributed by atoms with E-state index in [4.69, 9.17) is 5.73 Å². The Morgan fingerprint density at radius 1 is 0.852 bits per heavy atom. The van der Waals surface area contributed by atoms with Crippen molar-refractivity contribution in [2.45, 2.75) is 70.3 Å². The molecule has 0 unspecified atom stereocenters. The van der Waals surface area contributed by atoms with Crippen LogP contribution in [-0.2, 0) is 9.59 Å². The molecule has 6 aliphatic rings. The van der Waals surface area contributed by atoms with Gasteiger partial charge in [0.15, 0.2) is 0 Å². The number of amides is 2. The van der Waals surface area contributed by atoms with Crippen molar-refractivity contribution in [3.8, 4) is 0 Å². The van der Waals surface area contributed by atoms with Crippen LogP contribution in [0.5, 0.6) is 0 Å². The Balaban J connectivity index is 1.17. The highest BCUT2D eigenvalue weighted by Gasteiger charge is 2.55. The summed E-state index contributed by atoms with van der Waals surface area (Å²) in [7, 11) is 0. The lowest BCUT2D eigenvalue weighted by Crippen LogP contribution is -2.58. The monoisotopic (exact) mass is 373 g/mol. The van der Waals surface area contributed by atoms with Crippen LogP contribution in [0.4, 0.5) is 0 Å². The van der Waals surface area contributed by atoms with Crippen molar-refractivity contribution in [3.63, 3.8) is 0 Å². The lowest BCUT2D eigenvalue weighted by Gasteiger charge is -2.57. The van der Waals surface area contributed by atoms with E-state index >= 15 is 0 Å². The van der Waals surface area contributed by atoms with E-state index in [0.29, 0.717) is 31.3 Å². The average Bonchev–Trinajstić information content (AvgIpc) is 3.05. The highest BCUT2D eigenvalue weighted by Crippen LogP contribution is 2.60. The third-order valence-corrected chi connectivity index (χ3v) is 8.57. The van der Waals surface area contributed by atoms with Gasteiger partial charge < -0.3 is 15.5 Å². The molecule has 0 spiro atoms. The second-order valence-electron chi connectivity index (χ2n) is 10.4. The van der Waals surface area contributed by atoms with Crippen LogP contribution in [0.3, 0.4) is 0 Å². The number of hydrogen-bond donors (Lipinski definition) is 1. The molecule has 6 fully saturated rings. The maximum absolute atomic E-state index is 13.5. The first-order valence-electron chi connectivity index (χ1n) is 11.4. The molecule has 0 aromatic carbocycles. The summed E-state index contributed by atoms with van der Waals surface area (Å²) in [4.78, 5) is 30.2. The summed E-state index contributed by atoms with van der Waals surface area (Å²) in [6.07, 6.45) is 11.4. The van der Waals surface area contributed by atoms with Crippen molar-refractivity contribution < 1.29 is 9.59 Å². The molecule has 5 heteroatoms. The third kappa shape index (κ3) is 3.20. The standard InChI is InChI=1S/C22H35N3O2/c23-19-3-1-2-18(19)11-20(26)24-4-6-25(7-5-24)21(27)22-12-15-8-16(13-22)10-17(9-15)14-22/h15-19H,1-14,23H2/t15?,16?,17?,18-,19+,22?/m0/s1. The Kier molecular flexibility index (Phi) is 4.49. The molecular formula is C22H35N3O2. The molecule has 150 valence electrons. The van der Waals surface area contributed by atoms with Gasteiger partial charge in [-0.2, -0.15) is 0 Å². The maximum atomic E-state index is 13.5. The van der Waals surface area contributed by atoms with Crippen LogP contribution in [0, 0.1) is 29.1 Å². The van der Waals surface area contributed by atoms with Gasteiger partial charge in [0.1, 0.15) is 0 Å². The predicted molar refractivity (Wildman–Crippen MR) is 104 cm³/mol. The Bertz CT molecular complexity index is 575. The fraction of sp³-hybridized carbons (Fsp3) is 0.909. The van der Waals surface area contributed by atoms with E-state index in [0.717, 1.165) is 69.4 Å². The molecule has 0 aromatic heterocycles. The number of carbonyl (C=O) groups is 2. The van der Waals surface area contributed by atoms with E-state index in [2.05, 4.69) is 4.90 Å². The van der Waals surface area contributed by atoms with Crippen LogP contribution in [0.2, 0.25) is 0 Å². The first kappa shape index (κ1) is 18.0. The van der Waals surface area contributed by atoms with E-state index in [1.807, 2.05) is 4.90 Å². The van der Waals surface area contributed by atoms with Crippen molar-refractivity contribution in [1.82, 2.24) is 9.80 Å². The van der Waals surface area contributed by atoms with Gasteiger partial charge in [-0.05, 0) is 75.0 Å². The molecule has 6 rings (SSSR count). The molecule has 1 saturated heterocycles. The van der Waals surface area contributed by atoms with Crippen molar-refractivity contribution in [1.29, 1.82) is 0 Å². The molecule has 4 bridgehead atoms. The first-order valence-corrected chi connectivity index (χ1v) is 11.4. The molecule has 0 radical (unpaired) electrons.